The number of benzene rings is 2. The van der Waals surface area contributed by atoms with Crippen LogP contribution in [0.15, 0.2) is 42.5 Å². The lowest BCUT2D eigenvalue weighted by atomic mass is 10.1. The highest BCUT2D eigenvalue weighted by atomic mass is 19.3. The molecule has 0 aliphatic carbocycles. The Morgan fingerprint density at radius 2 is 1.85 bits per heavy atom. The van der Waals surface area contributed by atoms with Crippen LogP contribution >= 0.6 is 0 Å². The Kier molecular flexibility index (Phi) is 6.27. The van der Waals surface area contributed by atoms with E-state index in [0.717, 1.165) is 0 Å². The molecule has 7 heteroatoms. The average molecular weight is 365 g/mol. The Hall–Kier alpha value is -2.96. The largest absolute Gasteiger partial charge is 0.493 e. The summed E-state index contributed by atoms with van der Waals surface area (Å²) in [5, 5.41) is 0. The van der Waals surface area contributed by atoms with Gasteiger partial charge in [-0.2, -0.15) is 8.78 Å². The number of methoxy groups -OCH3 is 1. The topological polar surface area (TPSA) is 38.8 Å². The quantitative estimate of drug-likeness (QED) is 0.539. The normalized spacial score (nSPS) is 11.0. The molecule has 0 aliphatic heterocycles. The fourth-order valence-electron chi connectivity index (χ4n) is 2.33. The molecule has 2 rings (SSSR count). The van der Waals surface area contributed by atoms with Gasteiger partial charge in [0.1, 0.15) is 5.82 Å². The molecule has 0 aromatic heterocycles. The molecular formula is C19H18F3NO3. The van der Waals surface area contributed by atoms with Crippen molar-refractivity contribution in [3.63, 3.8) is 0 Å². The van der Waals surface area contributed by atoms with Gasteiger partial charge in [0.2, 0.25) is 0 Å². The van der Waals surface area contributed by atoms with Crippen LogP contribution in [-0.4, -0.2) is 33.6 Å². The van der Waals surface area contributed by atoms with Crippen molar-refractivity contribution in [2.24, 2.45) is 0 Å². The Labute approximate surface area is 149 Å². The Morgan fingerprint density at radius 3 is 2.46 bits per heavy atom. The van der Waals surface area contributed by atoms with Crippen LogP contribution in [0.5, 0.6) is 11.5 Å². The standard InChI is InChI=1S/C19H18F3NO3/c1-23(2)15-11-13(20)6-7-14(15)16(24)8-4-12-5-9-17(26-19(21)22)18(10-12)25-3/h4-11,19H,1-3H3/b8-4+. The lowest BCUT2D eigenvalue weighted by Crippen LogP contribution is -2.13. The van der Waals surface area contributed by atoms with Gasteiger partial charge >= 0.3 is 6.61 Å². The zero-order valence-electron chi connectivity index (χ0n) is 14.5. The maximum absolute atomic E-state index is 13.4. The molecule has 0 saturated heterocycles. The molecule has 0 heterocycles. The summed E-state index contributed by atoms with van der Waals surface area (Å²) in [7, 11) is 4.75. The predicted octanol–water partition coefficient (Wildman–Crippen LogP) is 4.40. The van der Waals surface area contributed by atoms with Gasteiger partial charge in [-0.05, 0) is 42.0 Å². The lowest BCUT2D eigenvalue weighted by Gasteiger charge is -2.16. The summed E-state index contributed by atoms with van der Waals surface area (Å²) in [5.41, 5.74) is 1.36. The average Bonchev–Trinajstić information content (AvgIpc) is 2.59. The SMILES string of the molecule is COc1cc(/C=C/C(=O)c2ccc(F)cc2N(C)C)ccc1OC(F)F. The third kappa shape index (κ3) is 4.78. The van der Waals surface area contributed by atoms with E-state index < -0.39 is 12.4 Å². The van der Waals surface area contributed by atoms with E-state index >= 15 is 0 Å². The van der Waals surface area contributed by atoms with Crippen molar-refractivity contribution in [1.29, 1.82) is 0 Å². The first kappa shape index (κ1) is 19.4. The number of ketones is 1. The smallest absolute Gasteiger partial charge is 0.387 e. The number of anilines is 1. The lowest BCUT2D eigenvalue weighted by molar-refractivity contribution is -0.0512. The van der Waals surface area contributed by atoms with E-state index in [1.54, 1.807) is 19.0 Å². The number of carbonyl (C=O) groups excluding carboxylic acids is 1. The first-order valence-electron chi connectivity index (χ1n) is 7.64. The van der Waals surface area contributed by atoms with Gasteiger partial charge in [-0.1, -0.05) is 12.1 Å². The molecule has 2 aromatic carbocycles. The summed E-state index contributed by atoms with van der Waals surface area (Å²) in [6.45, 7) is -2.96. The van der Waals surface area contributed by atoms with Crippen molar-refractivity contribution in [1.82, 2.24) is 0 Å². The van der Waals surface area contributed by atoms with Crippen LogP contribution in [0.4, 0.5) is 18.9 Å². The van der Waals surface area contributed by atoms with Gasteiger partial charge in [0, 0.05) is 19.7 Å². The second-order valence-electron chi connectivity index (χ2n) is 5.54. The maximum atomic E-state index is 13.4. The molecule has 0 radical (unpaired) electrons. The first-order valence-corrected chi connectivity index (χ1v) is 7.64. The van der Waals surface area contributed by atoms with Crippen LogP contribution in [-0.2, 0) is 0 Å². The third-order valence-electron chi connectivity index (χ3n) is 3.54. The predicted molar refractivity (Wildman–Crippen MR) is 93.7 cm³/mol. The van der Waals surface area contributed by atoms with Crippen molar-refractivity contribution in [3.8, 4) is 11.5 Å². The number of halogens is 3. The molecule has 0 aliphatic rings. The number of alkyl halides is 2. The monoisotopic (exact) mass is 365 g/mol. The molecular weight excluding hydrogens is 347 g/mol. The number of allylic oxidation sites excluding steroid dienone is 1. The molecule has 26 heavy (non-hydrogen) atoms. The minimum atomic E-state index is -2.96. The zero-order valence-corrected chi connectivity index (χ0v) is 14.5. The van der Waals surface area contributed by atoms with Crippen molar-refractivity contribution in [3.05, 3.63) is 59.4 Å². The molecule has 0 bridgehead atoms. The second kappa shape index (κ2) is 8.42. The third-order valence-corrected chi connectivity index (χ3v) is 3.54. The van der Waals surface area contributed by atoms with E-state index in [2.05, 4.69) is 4.74 Å². The van der Waals surface area contributed by atoms with Gasteiger partial charge in [0.15, 0.2) is 17.3 Å². The van der Waals surface area contributed by atoms with Gasteiger partial charge in [-0.15, -0.1) is 0 Å². The molecule has 0 saturated carbocycles. The van der Waals surface area contributed by atoms with Gasteiger partial charge in [0.05, 0.1) is 12.8 Å². The molecule has 4 nitrogen and oxygen atoms in total. The van der Waals surface area contributed by atoms with Crippen LogP contribution in [0.3, 0.4) is 0 Å². The summed E-state index contributed by atoms with van der Waals surface area (Å²) >= 11 is 0. The van der Waals surface area contributed by atoms with E-state index in [1.165, 1.54) is 55.7 Å². The van der Waals surface area contributed by atoms with E-state index in [1.807, 2.05) is 0 Å². The number of carbonyl (C=O) groups is 1. The summed E-state index contributed by atoms with van der Waals surface area (Å²) in [6, 6.07) is 8.23. The second-order valence-corrected chi connectivity index (χ2v) is 5.54. The van der Waals surface area contributed by atoms with Crippen molar-refractivity contribution >= 4 is 17.5 Å². The molecule has 138 valence electrons. The number of nitrogens with zero attached hydrogens (tertiary/aromatic N) is 1. The van der Waals surface area contributed by atoms with Crippen molar-refractivity contribution in [2.45, 2.75) is 6.61 Å². The zero-order chi connectivity index (χ0) is 19.3. The summed E-state index contributed by atoms with van der Waals surface area (Å²) in [4.78, 5) is 14.1. The van der Waals surface area contributed by atoms with Crippen LogP contribution in [0.2, 0.25) is 0 Å². The molecule has 0 amide bonds. The molecule has 0 N–H and O–H groups in total. The minimum Gasteiger partial charge on any atom is -0.493 e. The van der Waals surface area contributed by atoms with Gasteiger partial charge in [0.25, 0.3) is 0 Å². The minimum absolute atomic E-state index is 0.0978. The summed E-state index contributed by atoms with van der Waals surface area (Å²) < 4.78 is 47.5. The van der Waals surface area contributed by atoms with Crippen molar-refractivity contribution < 1.29 is 27.4 Å². The van der Waals surface area contributed by atoms with Crippen LogP contribution in [0.1, 0.15) is 15.9 Å². The highest BCUT2D eigenvalue weighted by molar-refractivity contribution is 6.10. The van der Waals surface area contributed by atoms with Gasteiger partial charge < -0.3 is 14.4 Å². The van der Waals surface area contributed by atoms with Crippen LogP contribution < -0.4 is 14.4 Å². The highest BCUT2D eigenvalue weighted by Gasteiger charge is 2.13. The number of hydrogen-bond acceptors (Lipinski definition) is 4. The number of ether oxygens (including phenoxy) is 2. The molecule has 0 spiro atoms. The summed E-state index contributed by atoms with van der Waals surface area (Å²) in [6.07, 6.45) is 2.84. The maximum Gasteiger partial charge on any atom is 0.387 e. The van der Waals surface area contributed by atoms with E-state index in [4.69, 9.17) is 4.74 Å². The van der Waals surface area contributed by atoms with E-state index in [9.17, 15) is 18.0 Å². The van der Waals surface area contributed by atoms with Crippen LogP contribution in [0.25, 0.3) is 6.08 Å². The highest BCUT2D eigenvalue weighted by Crippen LogP contribution is 2.30. The van der Waals surface area contributed by atoms with E-state index in [0.29, 0.717) is 16.8 Å². The first-order chi connectivity index (χ1) is 12.3. The number of hydrogen-bond donors (Lipinski definition) is 0. The Balaban J connectivity index is 2.26. The van der Waals surface area contributed by atoms with Crippen molar-refractivity contribution in [2.75, 3.05) is 26.1 Å². The molecule has 2 aromatic rings. The summed E-state index contributed by atoms with van der Waals surface area (Å²) in [5.74, 6) is -0.732. The van der Waals surface area contributed by atoms with Gasteiger partial charge in [-0.25, -0.2) is 4.39 Å². The molecule has 0 unspecified atom stereocenters. The van der Waals surface area contributed by atoms with E-state index in [-0.39, 0.29) is 17.3 Å². The molecule has 0 fully saturated rings. The number of rotatable bonds is 7. The Morgan fingerprint density at radius 1 is 1.12 bits per heavy atom. The fraction of sp³-hybridized carbons (Fsp3) is 0.211. The van der Waals surface area contributed by atoms with Crippen LogP contribution in [0, 0.1) is 5.82 Å². The van der Waals surface area contributed by atoms with Gasteiger partial charge in [-0.3, -0.25) is 4.79 Å². The molecule has 0 atom stereocenters. The fourth-order valence-corrected chi connectivity index (χ4v) is 2.33. The Bertz CT molecular complexity index is 820.